The van der Waals surface area contributed by atoms with Crippen LogP contribution >= 0.6 is 15.9 Å². The van der Waals surface area contributed by atoms with Crippen LogP contribution in [0.2, 0.25) is 0 Å². The second-order valence-corrected chi connectivity index (χ2v) is 4.28. The molecule has 2 rings (SSSR count). The van der Waals surface area contributed by atoms with Crippen LogP contribution in [0.4, 0.5) is 4.39 Å². The lowest BCUT2D eigenvalue weighted by atomic mass is 10.2. The predicted molar refractivity (Wildman–Crippen MR) is 55.9 cm³/mol. The molecule has 0 amide bonds. The molecule has 1 fully saturated rings. The van der Waals surface area contributed by atoms with E-state index in [9.17, 15) is 4.39 Å². The van der Waals surface area contributed by atoms with Crippen LogP contribution in [0, 0.1) is 11.7 Å². The normalized spacial score (nSPS) is 16.8. The minimum atomic E-state index is -0.153. The largest absolute Gasteiger partial charge is 0.206 e. The van der Waals surface area contributed by atoms with Gasteiger partial charge in [0.1, 0.15) is 5.82 Å². The Balaban J connectivity index is 2.21. The molecule has 68 valence electrons. The van der Waals surface area contributed by atoms with Crippen LogP contribution in [0.3, 0.4) is 0 Å². The lowest BCUT2D eigenvalue weighted by molar-refractivity contribution is 0.624. The molecule has 1 aromatic rings. The second-order valence-electron chi connectivity index (χ2n) is 3.36. The first-order valence-corrected chi connectivity index (χ1v) is 5.18. The van der Waals surface area contributed by atoms with Gasteiger partial charge in [0, 0.05) is 10.0 Å². The average molecular weight is 241 g/mol. The van der Waals surface area contributed by atoms with Crippen LogP contribution in [-0.4, -0.2) is 0 Å². The Hall–Kier alpha value is -0.630. The van der Waals surface area contributed by atoms with Gasteiger partial charge in [0.2, 0.25) is 0 Å². The first kappa shape index (κ1) is 8.95. The third-order valence-corrected chi connectivity index (χ3v) is 2.62. The highest BCUT2D eigenvalue weighted by Gasteiger charge is 2.17. The molecule has 0 N–H and O–H groups in total. The Kier molecular flexibility index (Phi) is 2.49. The molecule has 0 bridgehead atoms. The Morgan fingerprint density at radius 3 is 2.85 bits per heavy atom. The molecule has 0 nitrogen and oxygen atoms in total. The standard InChI is InChI=1S/C11H10BrF/c12-10-5-6-11(13)9(7-10)4-3-8-1-2-8/h3-8H,1-2H2. The highest BCUT2D eigenvalue weighted by atomic mass is 79.9. The molecule has 1 aromatic carbocycles. The van der Waals surface area contributed by atoms with Gasteiger partial charge in [-0.25, -0.2) is 4.39 Å². The summed E-state index contributed by atoms with van der Waals surface area (Å²) in [7, 11) is 0. The fourth-order valence-electron chi connectivity index (χ4n) is 1.17. The lowest BCUT2D eigenvalue weighted by Gasteiger charge is -1.96. The molecule has 0 aliphatic heterocycles. The summed E-state index contributed by atoms with van der Waals surface area (Å²) in [6, 6.07) is 4.99. The minimum absolute atomic E-state index is 0.153. The maximum Gasteiger partial charge on any atom is 0.130 e. The van der Waals surface area contributed by atoms with Gasteiger partial charge < -0.3 is 0 Å². The van der Waals surface area contributed by atoms with Gasteiger partial charge >= 0.3 is 0 Å². The van der Waals surface area contributed by atoms with Crippen molar-refractivity contribution in [1.82, 2.24) is 0 Å². The van der Waals surface area contributed by atoms with E-state index in [0.29, 0.717) is 11.5 Å². The molecule has 0 saturated heterocycles. The van der Waals surface area contributed by atoms with Crippen molar-refractivity contribution in [2.45, 2.75) is 12.8 Å². The van der Waals surface area contributed by atoms with E-state index in [2.05, 4.69) is 22.0 Å². The number of rotatable bonds is 2. The SMILES string of the molecule is Fc1ccc(Br)cc1C=CC1CC1. The predicted octanol–water partition coefficient (Wildman–Crippen LogP) is 4.01. The van der Waals surface area contributed by atoms with Gasteiger partial charge in [0.05, 0.1) is 0 Å². The van der Waals surface area contributed by atoms with Crippen molar-refractivity contribution >= 4 is 22.0 Å². The molecule has 0 atom stereocenters. The van der Waals surface area contributed by atoms with E-state index in [0.717, 1.165) is 4.47 Å². The monoisotopic (exact) mass is 240 g/mol. The molecule has 1 saturated carbocycles. The van der Waals surface area contributed by atoms with Crippen molar-refractivity contribution in [3.63, 3.8) is 0 Å². The number of hydrogen-bond donors (Lipinski definition) is 0. The van der Waals surface area contributed by atoms with Crippen molar-refractivity contribution in [1.29, 1.82) is 0 Å². The Bertz CT molecular complexity index is 340. The first-order chi connectivity index (χ1) is 6.25. The van der Waals surface area contributed by atoms with Crippen LogP contribution in [0.1, 0.15) is 18.4 Å². The third-order valence-electron chi connectivity index (χ3n) is 2.13. The molecule has 1 aliphatic rings. The maximum absolute atomic E-state index is 13.2. The summed E-state index contributed by atoms with van der Waals surface area (Å²) in [5, 5.41) is 0. The summed E-state index contributed by atoms with van der Waals surface area (Å²) in [4.78, 5) is 0. The first-order valence-electron chi connectivity index (χ1n) is 4.39. The van der Waals surface area contributed by atoms with Gasteiger partial charge in [0.15, 0.2) is 0 Å². The number of hydrogen-bond acceptors (Lipinski definition) is 0. The summed E-state index contributed by atoms with van der Waals surface area (Å²) in [6.07, 6.45) is 6.47. The average Bonchev–Trinajstić information content (AvgIpc) is 2.90. The lowest BCUT2D eigenvalue weighted by Crippen LogP contribution is -1.81. The van der Waals surface area contributed by atoms with E-state index >= 15 is 0 Å². The van der Waals surface area contributed by atoms with E-state index in [1.54, 1.807) is 12.1 Å². The third kappa shape index (κ3) is 2.41. The van der Waals surface area contributed by atoms with E-state index < -0.39 is 0 Å². The van der Waals surface area contributed by atoms with Gasteiger partial charge in [-0.1, -0.05) is 28.1 Å². The van der Waals surface area contributed by atoms with E-state index in [1.165, 1.54) is 18.9 Å². The summed E-state index contributed by atoms with van der Waals surface area (Å²) < 4.78 is 14.1. The van der Waals surface area contributed by atoms with Gasteiger partial charge in [-0.3, -0.25) is 0 Å². The van der Waals surface area contributed by atoms with Gasteiger partial charge in [-0.2, -0.15) is 0 Å². The van der Waals surface area contributed by atoms with Crippen molar-refractivity contribution in [2.75, 3.05) is 0 Å². The van der Waals surface area contributed by atoms with Crippen LogP contribution in [0.5, 0.6) is 0 Å². The van der Waals surface area contributed by atoms with Crippen molar-refractivity contribution in [2.24, 2.45) is 5.92 Å². The van der Waals surface area contributed by atoms with Crippen molar-refractivity contribution < 1.29 is 4.39 Å². The van der Waals surface area contributed by atoms with Gasteiger partial charge in [-0.15, -0.1) is 0 Å². The number of benzene rings is 1. The number of halogens is 2. The van der Waals surface area contributed by atoms with Crippen molar-refractivity contribution in [3.8, 4) is 0 Å². The summed E-state index contributed by atoms with van der Waals surface area (Å²) >= 11 is 3.32. The maximum atomic E-state index is 13.2. The zero-order valence-electron chi connectivity index (χ0n) is 7.13. The molecule has 0 aromatic heterocycles. The molecule has 13 heavy (non-hydrogen) atoms. The van der Waals surface area contributed by atoms with E-state index in [-0.39, 0.29) is 5.82 Å². The summed E-state index contributed by atoms with van der Waals surface area (Å²) in [5.74, 6) is 0.540. The fourth-order valence-corrected chi connectivity index (χ4v) is 1.55. The van der Waals surface area contributed by atoms with Gasteiger partial charge in [0.25, 0.3) is 0 Å². The van der Waals surface area contributed by atoms with E-state index in [4.69, 9.17) is 0 Å². The molecule has 2 heteroatoms. The zero-order chi connectivity index (χ0) is 9.26. The topological polar surface area (TPSA) is 0 Å². The quantitative estimate of drug-likeness (QED) is 0.733. The van der Waals surface area contributed by atoms with Crippen LogP contribution in [0.25, 0.3) is 6.08 Å². The molecular weight excluding hydrogens is 231 g/mol. The van der Waals surface area contributed by atoms with E-state index in [1.807, 2.05) is 6.08 Å². The molecule has 0 heterocycles. The smallest absolute Gasteiger partial charge is 0.130 e. The highest BCUT2D eigenvalue weighted by molar-refractivity contribution is 9.10. The molecule has 0 radical (unpaired) electrons. The second kappa shape index (κ2) is 3.62. The summed E-state index contributed by atoms with van der Waals surface area (Å²) in [5.41, 5.74) is 0.668. The van der Waals surface area contributed by atoms with Crippen molar-refractivity contribution in [3.05, 3.63) is 40.1 Å². The molecular formula is C11H10BrF. The zero-order valence-corrected chi connectivity index (χ0v) is 8.72. The molecule has 1 aliphatic carbocycles. The molecule has 0 unspecified atom stereocenters. The van der Waals surface area contributed by atoms with Crippen LogP contribution in [0.15, 0.2) is 28.7 Å². The molecule has 0 spiro atoms. The fraction of sp³-hybridized carbons (Fsp3) is 0.273. The Morgan fingerprint density at radius 2 is 2.15 bits per heavy atom. The Labute approximate surface area is 85.6 Å². The van der Waals surface area contributed by atoms with Gasteiger partial charge in [-0.05, 0) is 37.0 Å². The number of allylic oxidation sites excluding steroid dienone is 1. The van der Waals surface area contributed by atoms with Crippen LogP contribution in [-0.2, 0) is 0 Å². The van der Waals surface area contributed by atoms with Crippen LogP contribution < -0.4 is 0 Å². The minimum Gasteiger partial charge on any atom is -0.206 e. The summed E-state index contributed by atoms with van der Waals surface area (Å²) in [6.45, 7) is 0. The Morgan fingerprint density at radius 1 is 1.38 bits per heavy atom. The highest BCUT2D eigenvalue weighted by Crippen LogP contribution is 2.31.